The van der Waals surface area contributed by atoms with E-state index in [-0.39, 0.29) is 0 Å². The zero-order valence-electron chi connectivity index (χ0n) is 11.3. The minimum Gasteiger partial charge on any atom is -0.493 e. The van der Waals surface area contributed by atoms with Gasteiger partial charge in [-0.1, -0.05) is 46.9 Å². The number of hydrogen-bond acceptors (Lipinski definition) is 3. The quantitative estimate of drug-likeness (QED) is 0.734. The summed E-state index contributed by atoms with van der Waals surface area (Å²) in [6.07, 6.45) is 0. The van der Waals surface area contributed by atoms with Gasteiger partial charge in [-0.15, -0.1) is 0 Å². The molecule has 2 aromatic rings. The Morgan fingerprint density at radius 1 is 1.00 bits per heavy atom. The van der Waals surface area contributed by atoms with E-state index in [9.17, 15) is 0 Å². The third-order valence-electron chi connectivity index (χ3n) is 2.74. The second-order valence-electron chi connectivity index (χ2n) is 4.17. The van der Waals surface area contributed by atoms with Crippen LogP contribution in [0.1, 0.15) is 0 Å². The third-order valence-corrected chi connectivity index (χ3v) is 3.55. The van der Waals surface area contributed by atoms with E-state index in [0.717, 1.165) is 0 Å². The Bertz CT molecular complexity index is 597. The maximum atomic E-state index is 6.09. The molecule has 2 rings (SSSR count). The first-order valence-corrected chi connectivity index (χ1v) is 7.39. The third kappa shape index (κ3) is 4.34. The largest absolute Gasteiger partial charge is 0.493 e. The standard InChI is InChI=1S/C15H14Cl3NO2/c1-20-13-4-2-3-5-14(13)21-7-6-19-15-11(17)8-10(16)9-12(15)18/h2-5,8-9,19H,6-7H2,1H3. The van der Waals surface area contributed by atoms with Gasteiger partial charge in [-0.05, 0) is 24.3 Å². The Balaban J connectivity index is 1.91. The monoisotopic (exact) mass is 345 g/mol. The number of methoxy groups -OCH3 is 1. The maximum Gasteiger partial charge on any atom is 0.161 e. The van der Waals surface area contributed by atoms with Crippen LogP contribution in [0.2, 0.25) is 15.1 Å². The van der Waals surface area contributed by atoms with Crippen molar-refractivity contribution >= 4 is 40.5 Å². The molecule has 0 spiro atoms. The fourth-order valence-corrected chi connectivity index (χ4v) is 2.74. The molecule has 1 N–H and O–H groups in total. The summed E-state index contributed by atoms with van der Waals surface area (Å²) in [5.74, 6) is 1.38. The van der Waals surface area contributed by atoms with Crippen LogP contribution in [0.25, 0.3) is 0 Å². The normalized spacial score (nSPS) is 10.3. The molecular weight excluding hydrogens is 333 g/mol. The van der Waals surface area contributed by atoms with E-state index in [4.69, 9.17) is 44.3 Å². The maximum absolute atomic E-state index is 6.09. The number of halogens is 3. The van der Waals surface area contributed by atoms with E-state index in [1.165, 1.54) is 0 Å². The Morgan fingerprint density at radius 2 is 1.62 bits per heavy atom. The summed E-state index contributed by atoms with van der Waals surface area (Å²) in [6, 6.07) is 10.7. The van der Waals surface area contributed by atoms with Crippen LogP contribution in [-0.2, 0) is 0 Å². The second-order valence-corrected chi connectivity index (χ2v) is 5.42. The fraction of sp³-hybridized carbons (Fsp3) is 0.200. The molecule has 0 saturated heterocycles. The Hall–Kier alpha value is -1.29. The van der Waals surface area contributed by atoms with Gasteiger partial charge in [0.05, 0.1) is 22.8 Å². The molecule has 21 heavy (non-hydrogen) atoms. The van der Waals surface area contributed by atoms with Crippen molar-refractivity contribution in [2.45, 2.75) is 0 Å². The topological polar surface area (TPSA) is 30.5 Å². The van der Waals surface area contributed by atoms with Crippen LogP contribution in [0, 0.1) is 0 Å². The molecule has 0 heterocycles. The number of nitrogens with one attached hydrogen (secondary N) is 1. The van der Waals surface area contributed by atoms with Crippen LogP contribution in [0.3, 0.4) is 0 Å². The number of para-hydroxylation sites is 2. The van der Waals surface area contributed by atoms with Gasteiger partial charge in [0, 0.05) is 11.6 Å². The molecule has 3 nitrogen and oxygen atoms in total. The van der Waals surface area contributed by atoms with E-state index < -0.39 is 0 Å². The number of hydrogen-bond donors (Lipinski definition) is 1. The van der Waals surface area contributed by atoms with E-state index in [2.05, 4.69) is 5.32 Å². The Morgan fingerprint density at radius 3 is 2.24 bits per heavy atom. The summed E-state index contributed by atoms with van der Waals surface area (Å²) >= 11 is 18.0. The smallest absolute Gasteiger partial charge is 0.161 e. The molecule has 0 aliphatic rings. The molecule has 0 atom stereocenters. The van der Waals surface area contributed by atoms with Gasteiger partial charge in [-0.2, -0.15) is 0 Å². The Labute approximate surface area is 138 Å². The van der Waals surface area contributed by atoms with Gasteiger partial charge >= 0.3 is 0 Å². The molecule has 0 radical (unpaired) electrons. The molecule has 2 aromatic carbocycles. The van der Waals surface area contributed by atoms with Crippen molar-refractivity contribution in [3.8, 4) is 11.5 Å². The first-order valence-electron chi connectivity index (χ1n) is 6.26. The highest BCUT2D eigenvalue weighted by Gasteiger charge is 2.07. The van der Waals surface area contributed by atoms with Gasteiger partial charge < -0.3 is 14.8 Å². The van der Waals surface area contributed by atoms with Crippen molar-refractivity contribution in [2.24, 2.45) is 0 Å². The average molecular weight is 347 g/mol. The van der Waals surface area contributed by atoms with Gasteiger partial charge in [0.1, 0.15) is 6.61 Å². The van der Waals surface area contributed by atoms with Crippen LogP contribution in [0.15, 0.2) is 36.4 Å². The zero-order valence-corrected chi connectivity index (χ0v) is 13.6. The molecular formula is C15H14Cl3NO2. The second kappa shape index (κ2) is 7.64. The summed E-state index contributed by atoms with van der Waals surface area (Å²) in [4.78, 5) is 0. The molecule has 0 aromatic heterocycles. The zero-order chi connectivity index (χ0) is 15.2. The Kier molecular flexibility index (Phi) is 5.85. The molecule has 0 fully saturated rings. The van der Waals surface area contributed by atoms with Crippen molar-refractivity contribution in [3.63, 3.8) is 0 Å². The van der Waals surface area contributed by atoms with Crippen molar-refractivity contribution in [1.82, 2.24) is 0 Å². The summed E-state index contributed by atoms with van der Waals surface area (Å²) in [7, 11) is 1.60. The van der Waals surface area contributed by atoms with Gasteiger partial charge in [0.15, 0.2) is 11.5 Å². The van der Waals surface area contributed by atoms with Crippen molar-refractivity contribution in [1.29, 1.82) is 0 Å². The average Bonchev–Trinajstić information content (AvgIpc) is 2.45. The lowest BCUT2D eigenvalue weighted by atomic mass is 10.3. The molecule has 6 heteroatoms. The number of anilines is 1. The fourth-order valence-electron chi connectivity index (χ4n) is 1.79. The first kappa shape index (κ1) is 16.1. The van der Waals surface area contributed by atoms with Gasteiger partial charge in [-0.3, -0.25) is 0 Å². The van der Waals surface area contributed by atoms with Gasteiger partial charge in [0.2, 0.25) is 0 Å². The van der Waals surface area contributed by atoms with E-state index in [1.54, 1.807) is 19.2 Å². The predicted octanol–water partition coefficient (Wildman–Crippen LogP) is 5.15. The minimum absolute atomic E-state index is 0.440. The van der Waals surface area contributed by atoms with E-state index in [1.807, 2.05) is 24.3 Å². The summed E-state index contributed by atoms with van der Waals surface area (Å²) in [6.45, 7) is 0.981. The highest BCUT2D eigenvalue weighted by Crippen LogP contribution is 2.33. The first-order chi connectivity index (χ1) is 10.1. The van der Waals surface area contributed by atoms with Crippen molar-refractivity contribution in [3.05, 3.63) is 51.5 Å². The highest BCUT2D eigenvalue weighted by molar-refractivity contribution is 6.41. The van der Waals surface area contributed by atoms with E-state index >= 15 is 0 Å². The van der Waals surface area contributed by atoms with Crippen LogP contribution in [0.4, 0.5) is 5.69 Å². The highest BCUT2D eigenvalue weighted by atomic mass is 35.5. The van der Waals surface area contributed by atoms with Gasteiger partial charge in [0.25, 0.3) is 0 Å². The van der Waals surface area contributed by atoms with Gasteiger partial charge in [-0.25, -0.2) is 0 Å². The summed E-state index contributed by atoms with van der Waals surface area (Å²) < 4.78 is 10.9. The molecule has 112 valence electrons. The van der Waals surface area contributed by atoms with Crippen LogP contribution in [-0.4, -0.2) is 20.3 Å². The van der Waals surface area contributed by atoms with Crippen LogP contribution < -0.4 is 14.8 Å². The number of benzene rings is 2. The van der Waals surface area contributed by atoms with Crippen molar-refractivity contribution in [2.75, 3.05) is 25.6 Å². The van der Waals surface area contributed by atoms with Crippen LogP contribution >= 0.6 is 34.8 Å². The molecule has 0 unspecified atom stereocenters. The lowest BCUT2D eigenvalue weighted by Gasteiger charge is -2.13. The summed E-state index contributed by atoms with van der Waals surface area (Å²) in [5.41, 5.74) is 0.645. The predicted molar refractivity (Wildman–Crippen MR) is 88.5 cm³/mol. The SMILES string of the molecule is COc1ccccc1OCCNc1c(Cl)cc(Cl)cc1Cl. The molecule has 0 saturated carbocycles. The molecule has 0 bridgehead atoms. The molecule has 0 aliphatic heterocycles. The van der Waals surface area contributed by atoms with Crippen molar-refractivity contribution < 1.29 is 9.47 Å². The molecule has 0 amide bonds. The number of rotatable bonds is 6. The van der Waals surface area contributed by atoms with E-state index in [0.29, 0.717) is 45.4 Å². The van der Waals surface area contributed by atoms with Crippen LogP contribution in [0.5, 0.6) is 11.5 Å². The lowest BCUT2D eigenvalue weighted by Crippen LogP contribution is -2.12. The lowest BCUT2D eigenvalue weighted by molar-refractivity contribution is 0.306. The minimum atomic E-state index is 0.440. The summed E-state index contributed by atoms with van der Waals surface area (Å²) in [5, 5.41) is 4.58. The number of ether oxygens (including phenoxy) is 2. The molecule has 0 aliphatic carbocycles.